The Hall–Kier alpha value is -5.34. The van der Waals surface area contributed by atoms with Gasteiger partial charge in [-0.25, -0.2) is 4.39 Å². The van der Waals surface area contributed by atoms with Crippen molar-refractivity contribution in [3.05, 3.63) is 48.0 Å². The molecule has 0 spiro atoms. The molecule has 1 aliphatic rings. The molecule has 4 aromatic rings. The van der Waals surface area contributed by atoms with Crippen molar-refractivity contribution in [1.82, 2.24) is 35.1 Å². The van der Waals surface area contributed by atoms with Crippen molar-refractivity contribution >= 4 is 51.5 Å². The lowest BCUT2D eigenvalue weighted by molar-refractivity contribution is -0.156. The number of carbonyl (C=O) groups is 5. The van der Waals surface area contributed by atoms with Gasteiger partial charge in [-0.3, -0.25) is 33.3 Å². The van der Waals surface area contributed by atoms with Gasteiger partial charge in [0.15, 0.2) is 0 Å². The SMILES string of the molecule is COC(=O)CNC(=O)CNC(=O)Cn1nc(C2CCN(C(=O)CCC(=O)OC(C)(C)C)CC2)c2c(-c3cc4c(cnn4C)cc3F)cccc21. The summed E-state index contributed by atoms with van der Waals surface area (Å²) in [5.74, 6) is -2.79. The van der Waals surface area contributed by atoms with Crippen LogP contribution in [0.15, 0.2) is 36.5 Å². The fraction of sp³-hybridized carbons (Fsp3) is 0.457. The highest BCUT2D eigenvalue weighted by atomic mass is 19.1. The van der Waals surface area contributed by atoms with E-state index in [0.29, 0.717) is 59.0 Å². The zero-order valence-electron chi connectivity index (χ0n) is 28.9. The lowest BCUT2D eigenvalue weighted by Crippen LogP contribution is -2.40. The number of esters is 2. The topological polar surface area (TPSA) is 167 Å². The van der Waals surface area contributed by atoms with Crippen LogP contribution in [0.2, 0.25) is 0 Å². The molecule has 0 bridgehead atoms. The quantitative estimate of drug-likeness (QED) is 0.225. The summed E-state index contributed by atoms with van der Waals surface area (Å²) in [6.07, 6.45) is 2.77. The number of rotatable bonds is 11. The van der Waals surface area contributed by atoms with Crippen molar-refractivity contribution < 1.29 is 37.8 Å². The number of hydrogen-bond donors (Lipinski definition) is 2. The number of carbonyl (C=O) groups excluding carboxylic acids is 5. The number of aryl methyl sites for hydroxylation is 1. The number of hydrogen-bond acceptors (Lipinski definition) is 9. The molecular formula is C35H42FN7O7. The first-order valence-electron chi connectivity index (χ1n) is 16.4. The molecule has 0 aliphatic carbocycles. The van der Waals surface area contributed by atoms with E-state index in [1.54, 1.807) is 55.7 Å². The van der Waals surface area contributed by atoms with Crippen molar-refractivity contribution in [3.8, 4) is 11.1 Å². The normalized spacial score (nSPS) is 13.8. The summed E-state index contributed by atoms with van der Waals surface area (Å²) >= 11 is 0. The lowest BCUT2D eigenvalue weighted by atomic mass is 9.88. The average Bonchev–Trinajstić information content (AvgIpc) is 3.63. The predicted octanol–water partition coefficient (Wildman–Crippen LogP) is 2.96. The van der Waals surface area contributed by atoms with Gasteiger partial charge in [-0.1, -0.05) is 12.1 Å². The molecule has 0 atom stereocenters. The standard InChI is InChI=1S/C35H42FN7O7/c1-35(2,3)50-31(47)10-9-30(46)42-13-11-21(12-14-42)34-33-23(24-16-27-22(15-25(24)36)17-39-41(27)4)7-6-8-26(33)43(40-34)20-29(45)37-18-28(44)38-19-32(48)49-5/h6-8,15-17,21H,9-14,18-20H2,1-5H3,(H,37,45)(H,38,44). The van der Waals surface area contributed by atoms with E-state index in [2.05, 4.69) is 20.5 Å². The lowest BCUT2D eigenvalue weighted by Gasteiger charge is -2.31. The van der Waals surface area contributed by atoms with E-state index in [1.807, 2.05) is 12.1 Å². The molecule has 2 N–H and O–H groups in total. The minimum atomic E-state index is -0.628. The third kappa shape index (κ3) is 8.44. The van der Waals surface area contributed by atoms with Crippen LogP contribution in [0.3, 0.4) is 0 Å². The Morgan fingerprint density at radius 2 is 1.66 bits per heavy atom. The molecule has 1 fully saturated rings. The average molecular weight is 692 g/mol. The summed E-state index contributed by atoms with van der Waals surface area (Å²) in [7, 11) is 2.98. The van der Waals surface area contributed by atoms with E-state index in [-0.39, 0.29) is 44.3 Å². The van der Waals surface area contributed by atoms with Crippen LogP contribution < -0.4 is 10.6 Å². The van der Waals surface area contributed by atoms with Crippen LogP contribution in [0.4, 0.5) is 4.39 Å². The van der Waals surface area contributed by atoms with Crippen LogP contribution in [0, 0.1) is 5.82 Å². The van der Waals surface area contributed by atoms with E-state index in [0.717, 1.165) is 5.52 Å². The molecule has 1 aliphatic heterocycles. The Morgan fingerprint density at radius 1 is 0.940 bits per heavy atom. The largest absolute Gasteiger partial charge is 0.468 e. The van der Waals surface area contributed by atoms with Gasteiger partial charge in [-0.15, -0.1) is 0 Å². The van der Waals surface area contributed by atoms with E-state index >= 15 is 4.39 Å². The summed E-state index contributed by atoms with van der Waals surface area (Å²) in [4.78, 5) is 63.4. The van der Waals surface area contributed by atoms with Gasteiger partial charge < -0.3 is 25.0 Å². The second-order valence-corrected chi connectivity index (χ2v) is 13.3. The highest BCUT2D eigenvalue weighted by Crippen LogP contribution is 2.40. The first-order chi connectivity index (χ1) is 23.7. The number of amides is 3. The number of methoxy groups -OCH3 is 1. The molecule has 3 heterocycles. The summed E-state index contributed by atoms with van der Waals surface area (Å²) in [6, 6.07) is 8.59. The van der Waals surface area contributed by atoms with Crippen molar-refractivity contribution in [2.75, 3.05) is 33.3 Å². The second kappa shape index (κ2) is 15.0. The van der Waals surface area contributed by atoms with Crippen LogP contribution in [0.1, 0.15) is 58.1 Å². The molecule has 15 heteroatoms. The summed E-state index contributed by atoms with van der Waals surface area (Å²) in [5, 5.41) is 15.4. The maximum atomic E-state index is 15.7. The fourth-order valence-corrected chi connectivity index (χ4v) is 6.11. The molecule has 266 valence electrons. The van der Waals surface area contributed by atoms with E-state index < -0.39 is 35.2 Å². The third-order valence-corrected chi connectivity index (χ3v) is 8.52. The minimum absolute atomic E-state index is 0.00396. The molecule has 0 saturated carbocycles. The highest BCUT2D eigenvalue weighted by molar-refractivity contribution is 6.00. The predicted molar refractivity (Wildman–Crippen MR) is 181 cm³/mol. The maximum Gasteiger partial charge on any atom is 0.325 e. The van der Waals surface area contributed by atoms with Crippen LogP contribution in [-0.2, 0) is 47.0 Å². The van der Waals surface area contributed by atoms with Gasteiger partial charge in [0.1, 0.15) is 24.5 Å². The Morgan fingerprint density at radius 3 is 2.36 bits per heavy atom. The molecule has 0 radical (unpaired) electrons. The van der Waals surface area contributed by atoms with Gasteiger partial charge in [0.05, 0.1) is 43.0 Å². The fourth-order valence-electron chi connectivity index (χ4n) is 6.11. The highest BCUT2D eigenvalue weighted by Gasteiger charge is 2.30. The van der Waals surface area contributed by atoms with Crippen molar-refractivity contribution in [1.29, 1.82) is 0 Å². The Bertz CT molecular complexity index is 1940. The number of halogens is 1. The zero-order valence-corrected chi connectivity index (χ0v) is 28.9. The van der Waals surface area contributed by atoms with Gasteiger partial charge >= 0.3 is 11.9 Å². The molecule has 0 unspecified atom stereocenters. The first kappa shape index (κ1) is 36.0. The minimum Gasteiger partial charge on any atom is -0.468 e. The Labute approximate surface area is 288 Å². The molecule has 2 aromatic heterocycles. The summed E-state index contributed by atoms with van der Waals surface area (Å²) in [6.45, 7) is 5.30. The zero-order chi connectivity index (χ0) is 36.2. The monoisotopic (exact) mass is 691 g/mol. The Kier molecular flexibility index (Phi) is 10.8. The first-order valence-corrected chi connectivity index (χ1v) is 16.4. The number of aromatic nitrogens is 4. The van der Waals surface area contributed by atoms with Crippen molar-refractivity contribution in [2.24, 2.45) is 7.05 Å². The van der Waals surface area contributed by atoms with Gasteiger partial charge in [-0.05, 0) is 57.4 Å². The number of fused-ring (bicyclic) bond motifs is 2. The molecular weight excluding hydrogens is 649 g/mol. The molecule has 14 nitrogen and oxygen atoms in total. The smallest absolute Gasteiger partial charge is 0.325 e. The number of piperidine rings is 1. The van der Waals surface area contributed by atoms with Crippen LogP contribution >= 0.6 is 0 Å². The third-order valence-electron chi connectivity index (χ3n) is 8.52. The number of benzene rings is 2. The van der Waals surface area contributed by atoms with Crippen molar-refractivity contribution in [3.63, 3.8) is 0 Å². The van der Waals surface area contributed by atoms with Crippen LogP contribution in [-0.4, -0.2) is 93.0 Å². The van der Waals surface area contributed by atoms with Crippen LogP contribution in [0.25, 0.3) is 32.9 Å². The molecule has 50 heavy (non-hydrogen) atoms. The number of nitrogens with one attached hydrogen (secondary N) is 2. The maximum absolute atomic E-state index is 15.7. The second-order valence-electron chi connectivity index (χ2n) is 13.3. The number of likely N-dealkylation sites (tertiary alicyclic amines) is 1. The molecule has 3 amide bonds. The Balaban J connectivity index is 1.40. The molecule has 5 rings (SSSR count). The number of nitrogens with zero attached hydrogens (tertiary/aromatic N) is 5. The van der Waals surface area contributed by atoms with Gasteiger partial charge in [0.2, 0.25) is 17.7 Å². The molecule has 1 saturated heterocycles. The van der Waals surface area contributed by atoms with Crippen LogP contribution in [0.5, 0.6) is 0 Å². The summed E-state index contributed by atoms with van der Waals surface area (Å²) in [5.41, 5.74) is 2.34. The van der Waals surface area contributed by atoms with Gasteiger partial charge in [0, 0.05) is 48.8 Å². The van der Waals surface area contributed by atoms with E-state index in [1.165, 1.54) is 17.9 Å². The van der Waals surface area contributed by atoms with Gasteiger partial charge in [0.25, 0.3) is 0 Å². The van der Waals surface area contributed by atoms with E-state index in [9.17, 15) is 24.0 Å². The molecule has 2 aromatic carbocycles. The van der Waals surface area contributed by atoms with Gasteiger partial charge in [-0.2, -0.15) is 10.2 Å². The van der Waals surface area contributed by atoms with E-state index in [4.69, 9.17) is 9.84 Å². The number of ether oxygens (including phenoxy) is 2. The summed E-state index contributed by atoms with van der Waals surface area (Å²) < 4.78 is 28.8. The van der Waals surface area contributed by atoms with Crippen molar-refractivity contribution in [2.45, 2.75) is 64.5 Å².